The number of thioether (sulfide) groups is 1. The first-order valence-electron chi connectivity index (χ1n) is 7.16. The third-order valence-electron chi connectivity index (χ3n) is 4.51. The van der Waals surface area contributed by atoms with Crippen molar-refractivity contribution >= 4 is 23.6 Å². The Morgan fingerprint density at radius 3 is 2.53 bits per heavy atom. The van der Waals surface area contributed by atoms with E-state index in [0.29, 0.717) is 25.3 Å². The van der Waals surface area contributed by atoms with Crippen LogP contribution in [-0.4, -0.2) is 34.5 Å². The Kier molecular flexibility index (Phi) is 4.76. The van der Waals surface area contributed by atoms with Gasteiger partial charge in [-0.05, 0) is 50.2 Å². The lowest BCUT2D eigenvalue weighted by Gasteiger charge is -2.36. The van der Waals surface area contributed by atoms with Crippen LogP contribution in [0.4, 0.5) is 0 Å². The maximum absolute atomic E-state index is 12.0. The van der Waals surface area contributed by atoms with E-state index in [1.54, 1.807) is 11.8 Å². The fraction of sp³-hybridized carbons (Fsp3) is 0.857. The molecule has 108 valence electrons. The molecule has 1 aliphatic carbocycles. The topological polar surface area (TPSA) is 66.4 Å². The second kappa shape index (κ2) is 6.16. The number of rotatable bonds is 4. The van der Waals surface area contributed by atoms with E-state index in [4.69, 9.17) is 0 Å². The second-order valence-corrected chi connectivity index (χ2v) is 7.30. The lowest BCUT2D eigenvalue weighted by atomic mass is 9.71. The number of carbonyl (C=O) groups excluding carboxylic acids is 1. The Bertz CT molecular complexity index is 345. The fourth-order valence-corrected chi connectivity index (χ4v) is 4.12. The molecule has 2 rings (SSSR count). The first-order chi connectivity index (χ1) is 9.03. The van der Waals surface area contributed by atoms with Gasteiger partial charge in [0.25, 0.3) is 0 Å². The van der Waals surface area contributed by atoms with Crippen molar-refractivity contribution in [2.75, 3.05) is 12.3 Å². The maximum Gasteiger partial charge on any atom is 0.311 e. The normalized spacial score (nSPS) is 35.0. The molecule has 0 aromatic rings. The summed E-state index contributed by atoms with van der Waals surface area (Å²) in [6.07, 6.45) is 5.27. The first-order valence-corrected chi connectivity index (χ1v) is 8.21. The molecule has 0 bridgehead atoms. The summed E-state index contributed by atoms with van der Waals surface area (Å²) in [5.41, 5.74) is -0.731. The number of carboxylic acids is 1. The zero-order valence-electron chi connectivity index (χ0n) is 11.5. The number of aliphatic carboxylic acids is 1. The van der Waals surface area contributed by atoms with Crippen LogP contribution in [0.1, 0.15) is 45.4 Å². The molecule has 19 heavy (non-hydrogen) atoms. The van der Waals surface area contributed by atoms with Crippen molar-refractivity contribution in [3.8, 4) is 0 Å². The molecule has 0 aromatic carbocycles. The van der Waals surface area contributed by atoms with E-state index in [9.17, 15) is 14.7 Å². The molecule has 1 atom stereocenters. The molecule has 1 unspecified atom stereocenters. The summed E-state index contributed by atoms with van der Waals surface area (Å²) in [6.45, 7) is 2.46. The molecule has 2 fully saturated rings. The predicted octanol–water partition coefficient (Wildman–Crippen LogP) is 2.28. The van der Waals surface area contributed by atoms with Crippen molar-refractivity contribution in [3.63, 3.8) is 0 Å². The summed E-state index contributed by atoms with van der Waals surface area (Å²) in [7, 11) is 0. The minimum absolute atomic E-state index is 0.0294. The Hall–Kier alpha value is -0.710. The predicted molar refractivity (Wildman–Crippen MR) is 76.2 cm³/mol. The number of carboxylic acid groups (broad SMARTS) is 1. The van der Waals surface area contributed by atoms with E-state index in [-0.39, 0.29) is 11.2 Å². The zero-order valence-corrected chi connectivity index (χ0v) is 12.3. The standard InChI is InChI=1S/C14H23NO3S/c1-10-4-6-14(7-5-10,13(17)18)9-15-12(16)11-3-2-8-19-11/h10-11H,2-9H2,1H3,(H,15,16)(H,17,18). The average Bonchev–Trinajstić information content (AvgIpc) is 2.92. The van der Waals surface area contributed by atoms with Gasteiger partial charge in [0.2, 0.25) is 5.91 Å². The molecule has 1 saturated carbocycles. The van der Waals surface area contributed by atoms with Crippen molar-refractivity contribution < 1.29 is 14.7 Å². The summed E-state index contributed by atoms with van der Waals surface area (Å²) in [5.74, 6) is 0.925. The third kappa shape index (κ3) is 3.44. The van der Waals surface area contributed by atoms with Crippen LogP contribution < -0.4 is 5.32 Å². The van der Waals surface area contributed by atoms with Gasteiger partial charge in [-0.3, -0.25) is 9.59 Å². The highest BCUT2D eigenvalue weighted by atomic mass is 32.2. The average molecular weight is 285 g/mol. The molecule has 0 aromatic heterocycles. The van der Waals surface area contributed by atoms with Gasteiger partial charge in [-0.2, -0.15) is 0 Å². The van der Waals surface area contributed by atoms with Gasteiger partial charge in [0.1, 0.15) is 0 Å². The summed E-state index contributed by atoms with van der Waals surface area (Å²) in [6, 6.07) is 0. The van der Waals surface area contributed by atoms with E-state index in [1.807, 2.05) is 0 Å². The van der Waals surface area contributed by atoms with Crippen LogP contribution in [-0.2, 0) is 9.59 Å². The summed E-state index contributed by atoms with van der Waals surface area (Å²) < 4.78 is 0. The van der Waals surface area contributed by atoms with Crippen LogP contribution in [0, 0.1) is 11.3 Å². The molecule has 0 radical (unpaired) electrons. The summed E-state index contributed by atoms with van der Waals surface area (Å²) in [5, 5.41) is 12.4. The Morgan fingerprint density at radius 1 is 1.32 bits per heavy atom. The minimum atomic E-state index is -0.751. The third-order valence-corrected chi connectivity index (χ3v) is 5.88. The Morgan fingerprint density at radius 2 is 2.00 bits per heavy atom. The highest BCUT2D eigenvalue weighted by Gasteiger charge is 2.41. The lowest BCUT2D eigenvalue weighted by molar-refractivity contribution is -0.151. The molecule has 1 amide bonds. The summed E-state index contributed by atoms with van der Waals surface area (Å²) in [4.78, 5) is 23.6. The summed E-state index contributed by atoms with van der Waals surface area (Å²) >= 11 is 1.69. The van der Waals surface area contributed by atoms with Gasteiger partial charge in [0.05, 0.1) is 10.7 Å². The van der Waals surface area contributed by atoms with Gasteiger partial charge in [0, 0.05) is 6.54 Å². The van der Waals surface area contributed by atoms with Crippen molar-refractivity contribution in [1.82, 2.24) is 5.32 Å². The largest absolute Gasteiger partial charge is 0.481 e. The van der Waals surface area contributed by atoms with E-state index in [0.717, 1.165) is 31.4 Å². The van der Waals surface area contributed by atoms with E-state index >= 15 is 0 Å². The number of hydrogen-bond acceptors (Lipinski definition) is 3. The van der Waals surface area contributed by atoms with Gasteiger partial charge >= 0.3 is 5.97 Å². The number of amides is 1. The zero-order chi connectivity index (χ0) is 13.9. The van der Waals surface area contributed by atoms with Gasteiger partial charge in [-0.15, -0.1) is 11.8 Å². The Labute approximate surface area is 118 Å². The van der Waals surface area contributed by atoms with E-state index in [1.165, 1.54) is 0 Å². The molecule has 0 spiro atoms. The van der Waals surface area contributed by atoms with Crippen LogP contribution in [0.15, 0.2) is 0 Å². The van der Waals surface area contributed by atoms with Crippen molar-refractivity contribution in [3.05, 3.63) is 0 Å². The molecule has 1 aliphatic heterocycles. The minimum Gasteiger partial charge on any atom is -0.481 e. The molecular weight excluding hydrogens is 262 g/mol. The number of carbonyl (C=O) groups is 2. The second-order valence-electron chi connectivity index (χ2n) is 5.99. The molecule has 2 aliphatic rings. The lowest BCUT2D eigenvalue weighted by Crippen LogP contribution is -2.46. The van der Waals surface area contributed by atoms with Gasteiger partial charge in [0.15, 0.2) is 0 Å². The molecule has 1 saturated heterocycles. The van der Waals surface area contributed by atoms with Gasteiger partial charge in [-0.25, -0.2) is 0 Å². The van der Waals surface area contributed by atoms with Crippen LogP contribution in [0.3, 0.4) is 0 Å². The van der Waals surface area contributed by atoms with Crippen LogP contribution >= 0.6 is 11.8 Å². The fourth-order valence-electron chi connectivity index (χ4n) is 2.94. The van der Waals surface area contributed by atoms with E-state index in [2.05, 4.69) is 12.2 Å². The molecule has 2 N–H and O–H groups in total. The highest BCUT2D eigenvalue weighted by Crippen LogP contribution is 2.39. The van der Waals surface area contributed by atoms with Crippen molar-refractivity contribution in [1.29, 1.82) is 0 Å². The van der Waals surface area contributed by atoms with Crippen LogP contribution in [0.5, 0.6) is 0 Å². The molecular formula is C14H23NO3S. The molecule has 1 heterocycles. The molecule has 5 heteroatoms. The number of hydrogen-bond donors (Lipinski definition) is 2. The van der Waals surface area contributed by atoms with Crippen LogP contribution in [0.25, 0.3) is 0 Å². The molecule has 4 nitrogen and oxygen atoms in total. The monoisotopic (exact) mass is 285 g/mol. The SMILES string of the molecule is CC1CCC(CNC(=O)C2CCCS2)(C(=O)O)CC1. The first kappa shape index (κ1) is 14.7. The number of nitrogens with one attached hydrogen (secondary N) is 1. The maximum atomic E-state index is 12.0. The smallest absolute Gasteiger partial charge is 0.311 e. The Balaban J connectivity index is 1.90. The highest BCUT2D eigenvalue weighted by molar-refractivity contribution is 8.00. The van der Waals surface area contributed by atoms with Gasteiger partial charge < -0.3 is 10.4 Å². The van der Waals surface area contributed by atoms with Crippen molar-refractivity contribution in [2.24, 2.45) is 11.3 Å². The quantitative estimate of drug-likeness (QED) is 0.831. The van der Waals surface area contributed by atoms with Crippen molar-refractivity contribution in [2.45, 2.75) is 50.7 Å². The van der Waals surface area contributed by atoms with Gasteiger partial charge in [-0.1, -0.05) is 6.92 Å². The van der Waals surface area contributed by atoms with E-state index < -0.39 is 11.4 Å². The van der Waals surface area contributed by atoms with Crippen LogP contribution in [0.2, 0.25) is 0 Å².